The van der Waals surface area contributed by atoms with E-state index in [-0.39, 0.29) is 17.9 Å². The number of aryl methyl sites for hydroxylation is 2. The summed E-state index contributed by atoms with van der Waals surface area (Å²) in [6.45, 7) is 8.81. The topological polar surface area (TPSA) is 100 Å². The standard InChI is InChI=1S/C26H25F3N8OS2/c1-4-5-19-13-36(24-31-11-18(12-32-24)26(27,28)29)8-9-37(19)23(38)17-6-7-21(30-10-17)35-25-34-20(14-39-25)22-15(2)33-16(3)40-22/h4,6-7,10-12,14,19H,1,5,8-9,13H2,2-3H3,(H,30,34,35)/t19-/m1/s1. The Morgan fingerprint density at radius 1 is 1.15 bits per heavy atom. The molecule has 4 aromatic heterocycles. The number of halogens is 3. The van der Waals surface area contributed by atoms with Gasteiger partial charge in [0.1, 0.15) is 5.82 Å². The van der Waals surface area contributed by atoms with Gasteiger partial charge in [0.2, 0.25) is 5.95 Å². The number of aromatic nitrogens is 5. The lowest BCUT2D eigenvalue weighted by molar-refractivity contribution is -0.138. The minimum atomic E-state index is -4.50. The molecule has 5 heterocycles. The first-order valence-corrected chi connectivity index (χ1v) is 14.0. The van der Waals surface area contributed by atoms with Crippen molar-refractivity contribution < 1.29 is 18.0 Å². The lowest BCUT2D eigenvalue weighted by atomic mass is 10.1. The van der Waals surface area contributed by atoms with Gasteiger partial charge < -0.3 is 15.1 Å². The molecule has 1 aliphatic heterocycles. The maximum absolute atomic E-state index is 13.4. The summed E-state index contributed by atoms with van der Waals surface area (Å²) < 4.78 is 38.6. The van der Waals surface area contributed by atoms with Crippen molar-refractivity contribution in [2.75, 3.05) is 29.9 Å². The molecule has 40 heavy (non-hydrogen) atoms. The zero-order valence-corrected chi connectivity index (χ0v) is 23.3. The Hall–Kier alpha value is -3.91. The van der Waals surface area contributed by atoms with Gasteiger partial charge in [-0.3, -0.25) is 4.79 Å². The smallest absolute Gasteiger partial charge is 0.337 e. The van der Waals surface area contributed by atoms with Crippen molar-refractivity contribution in [2.45, 2.75) is 32.5 Å². The second-order valence-electron chi connectivity index (χ2n) is 9.13. The van der Waals surface area contributed by atoms with E-state index < -0.39 is 11.7 Å². The molecule has 1 aliphatic rings. The second-order valence-corrected chi connectivity index (χ2v) is 11.2. The van der Waals surface area contributed by atoms with E-state index in [9.17, 15) is 18.0 Å². The van der Waals surface area contributed by atoms with Crippen molar-refractivity contribution in [3.05, 3.63) is 70.6 Å². The van der Waals surface area contributed by atoms with Crippen molar-refractivity contribution in [2.24, 2.45) is 0 Å². The Balaban J connectivity index is 1.24. The number of carbonyl (C=O) groups is 1. The Kier molecular flexibility index (Phi) is 7.81. The molecular formula is C26H25F3N8OS2. The number of nitrogens with zero attached hydrogens (tertiary/aromatic N) is 7. The largest absolute Gasteiger partial charge is 0.419 e. The number of nitrogens with one attached hydrogen (secondary N) is 1. The summed E-state index contributed by atoms with van der Waals surface area (Å²) >= 11 is 3.06. The summed E-state index contributed by atoms with van der Waals surface area (Å²) in [4.78, 5) is 39.3. The highest BCUT2D eigenvalue weighted by Crippen LogP contribution is 2.33. The molecule has 0 radical (unpaired) electrons. The van der Waals surface area contributed by atoms with Gasteiger partial charge >= 0.3 is 6.18 Å². The molecule has 0 saturated carbocycles. The van der Waals surface area contributed by atoms with Gasteiger partial charge in [-0.05, 0) is 32.4 Å². The minimum absolute atomic E-state index is 0.188. The molecule has 1 atom stereocenters. The van der Waals surface area contributed by atoms with E-state index in [1.54, 1.807) is 39.3 Å². The van der Waals surface area contributed by atoms with Gasteiger partial charge in [0.25, 0.3) is 5.91 Å². The van der Waals surface area contributed by atoms with E-state index in [1.165, 1.54) is 17.5 Å². The molecule has 208 valence electrons. The van der Waals surface area contributed by atoms with Crippen LogP contribution in [0.15, 0.2) is 48.8 Å². The first-order chi connectivity index (χ1) is 19.1. The van der Waals surface area contributed by atoms with E-state index in [4.69, 9.17) is 0 Å². The van der Waals surface area contributed by atoms with Crippen molar-refractivity contribution in [1.82, 2.24) is 29.8 Å². The van der Waals surface area contributed by atoms with Crippen LogP contribution >= 0.6 is 22.7 Å². The highest BCUT2D eigenvalue weighted by Gasteiger charge is 2.34. The molecule has 0 bridgehead atoms. The number of thiazole rings is 2. The Labute approximate surface area is 236 Å². The summed E-state index contributed by atoms with van der Waals surface area (Å²) in [7, 11) is 0. The van der Waals surface area contributed by atoms with Gasteiger partial charge in [-0.25, -0.2) is 24.9 Å². The summed E-state index contributed by atoms with van der Waals surface area (Å²) in [6.07, 6.45) is 0.782. The average Bonchev–Trinajstić information content (AvgIpc) is 3.53. The van der Waals surface area contributed by atoms with Gasteiger partial charge in [0.05, 0.1) is 38.4 Å². The quantitative estimate of drug-likeness (QED) is 0.274. The van der Waals surface area contributed by atoms with Crippen LogP contribution in [-0.4, -0.2) is 61.4 Å². The van der Waals surface area contributed by atoms with Gasteiger partial charge in [-0.1, -0.05) is 6.08 Å². The molecule has 14 heteroatoms. The monoisotopic (exact) mass is 586 g/mol. The average molecular weight is 587 g/mol. The van der Waals surface area contributed by atoms with Crippen LogP contribution in [0.25, 0.3) is 10.6 Å². The molecule has 0 aliphatic carbocycles. The van der Waals surface area contributed by atoms with Crippen LogP contribution in [0, 0.1) is 13.8 Å². The van der Waals surface area contributed by atoms with Crippen LogP contribution in [0.1, 0.15) is 33.0 Å². The summed E-state index contributed by atoms with van der Waals surface area (Å²) in [5, 5.41) is 6.82. The lowest BCUT2D eigenvalue weighted by Crippen LogP contribution is -2.55. The van der Waals surface area contributed by atoms with Crippen molar-refractivity contribution in [1.29, 1.82) is 0 Å². The molecule has 0 aromatic carbocycles. The molecule has 5 rings (SSSR count). The third kappa shape index (κ3) is 5.97. The van der Waals surface area contributed by atoms with Gasteiger partial charge in [0, 0.05) is 43.6 Å². The fourth-order valence-corrected chi connectivity index (χ4v) is 6.07. The van der Waals surface area contributed by atoms with E-state index in [2.05, 4.69) is 36.8 Å². The molecule has 4 aromatic rings. The number of hydrogen-bond acceptors (Lipinski definition) is 10. The van der Waals surface area contributed by atoms with Crippen molar-refractivity contribution >= 4 is 45.5 Å². The van der Waals surface area contributed by atoms with Gasteiger partial charge in [0.15, 0.2) is 5.13 Å². The number of piperazine rings is 1. The maximum Gasteiger partial charge on any atom is 0.419 e. The third-order valence-corrected chi connectivity index (χ3v) is 8.17. The number of pyridine rings is 1. The summed E-state index contributed by atoms with van der Waals surface area (Å²) in [5.74, 6) is 0.560. The molecule has 0 spiro atoms. The fraction of sp³-hybridized carbons (Fsp3) is 0.308. The van der Waals surface area contributed by atoms with Crippen LogP contribution in [0.5, 0.6) is 0 Å². The Bertz CT molecular complexity index is 1500. The normalized spacial score (nSPS) is 15.8. The predicted octanol–water partition coefficient (Wildman–Crippen LogP) is 5.74. The fourth-order valence-electron chi connectivity index (χ4n) is 4.40. The third-order valence-electron chi connectivity index (χ3n) is 6.32. The van der Waals surface area contributed by atoms with Crippen LogP contribution in [0.2, 0.25) is 0 Å². The predicted molar refractivity (Wildman–Crippen MR) is 149 cm³/mol. The first-order valence-electron chi connectivity index (χ1n) is 12.3. The number of hydrogen-bond donors (Lipinski definition) is 1. The molecular weight excluding hydrogens is 561 g/mol. The SMILES string of the molecule is C=CC[C@@H]1CN(c2ncc(C(F)(F)F)cn2)CCN1C(=O)c1ccc(Nc2nc(-c3sc(C)nc3C)cs2)nc1. The number of carbonyl (C=O) groups excluding carboxylic acids is 1. The molecule has 1 N–H and O–H groups in total. The second kappa shape index (κ2) is 11.3. The molecule has 1 amide bonds. The van der Waals surface area contributed by atoms with Crippen molar-refractivity contribution in [3.8, 4) is 10.6 Å². The Morgan fingerprint density at radius 2 is 1.93 bits per heavy atom. The Morgan fingerprint density at radius 3 is 2.55 bits per heavy atom. The number of amides is 1. The van der Waals surface area contributed by atoms with E-state index in [1.807, 2.05) is 19.2 Å². The molecule has 1 saturated heterocycles. The molecule has 0 unspecified atom stereocenters. The lowest BCUT2D eigenvalue weighted by Gasteiger charge is -2.41. The van der Waals surface area contributed by atoms with Crippen LogP contribution < -0.4 is 10.2 Å². The molecule has 9 nitrogen and oxygen atoms in total. The zero-order valence-electron chi connectivity index (χ0n) is 21.6. The number of alkyl halides is 3. The van der Waals surface area contributed by atoms with E-state index in [0.717, 1.165) is 33.7 Å². The van der Waals surface area contributed by atoms with Crippen LogP contribution in [0.4, 0.5) is 30.1 Å². The summed E-state index contributed by atoms with van der Waals surface area (Å²) in [5.41, 5.74) is 1.33. The van der Waals surface area contributed by atoms with E-state index >= 15 is 0 Å². The maximum atomic E-state index is 13.4. The molecule has 1 fully saturated rings. The number of rotatable bonds is 7. The minimum Gasteiger partial charge on any atom is -0.337 e. The first kappa shape index (κ1) is 27.6. The van der Waals surface area contributed by atoms with Crippen molar-refractivity contribution in [3.63, 3.8) is 0 Å². The number of anilines is 3. The van der Waals surface area contributed by atoms with Crippen LogP contribution in [-0.2, 0) is 6.18 Å². The summed E-state index contributed by atoms with van der Waals surface area (Å²) in [6, 6.07) is 3.18. The van der Waals surface area contributed by atoms with Crippen LogP contribution in [0.3, 0.4) is 0 Å². The van der Waals surface area contributed by atoms with Gasteiger partial charge in [-0.2, -0.15) is 13.2 Å². The zero-order chi connectivity index (χ0) is 28.4. The van der Waals surface area contributed by atoms with Gasteiger partial charge in [-0.15, -0.1) is 29.3 Å². The van der Waals surface area contributed by atoms with E-state index in [0.29, 0.717) is 42.6 Å². The highest BCUT2D eigenvalue weighted by molar-refractivity contribution is 7.16. The highest BCUT2D eigenvalue weighted by atomic mass is 32.1.